The molecule has 124 valence electrons. The van der Waals surface area contributed by atoms with Crippen molar-refractivity contribution in [3.63, 3.8) is 0 Å². The first-order valence-electron chi connectivity index (χ1n) is 7.11. The van der Waals surface area contributed by atoms with Gasteiger partial charge >= 0.3 is 0 Å². The van der Waals surface area contributed by atoms with E-state index >= 15 is 0 Å². The van der Waals surface area contributed by atoms with Crippen LogP contribution >= 0.6 is 35.7 Å². The Balaban J connectivity index is 0.00000220. The first-order chi connectivity index (χ1) is 9.31. The average molecular weight is 447 g/mol. The summed E-state index contributed by atoms with van der Waals surface area (Å²) in [5.41, 5.74) is 0. The van der Waals surface area contributed by atoms with Crippen molar-refractivity contribution in [2.75, 3.05) is 43.9 Å². The number of thioether (sulfide) groups is 1. The molecule has 0 saturated carbocycles. The number of nitrogens with one attached hydrogen (secondary N) is 1. The van der Waals surface area contributed by atoms with Crippen molar-refractivity contribution in [3.8, 4) is 0 Å². The van der Waals surface area contributed by atoms with Crippen LogP contribution in [0.5, 0.6) is 0 Å². The molecule has 1 unspecified atom stereocenters. The van der Waals surface area contributed by atoms with Gasteiger partial charge in [-0.15, -0.1) is 24.0 Å². The van der Waals surface area contributed by atoms with E-state index in [1.165, 1.54) is 0 Å². The molecule has 0 aliphatic carbocycles. The van der Waals surface area contributed by atoms with Gasteiger partial charge in [0.15, 0.2) is 15.8 Å². The molecule has 1 N–H and O–H groups in total. The number of hydrogen-bond acceptors (Lipinski definition) is 4. The van der Waals surface area contributed by atoms with E-state index in [1.54, 1.807) is 7.05 Å². The normalized spacial score (nSPS) is 28.0. The molecule has 0 amide bonds. The summed E-state index contributed by atoms with van der Waals surface area (Å²) < 4.78 is 23.2. The Kier molecular flexibility index (Phi) is 7.11. The zero-order valence-electron chi connectivity index (χ0n) is 13.0. The van der Waals surface area contributed by atoms with Gasteiger partial charge in [0, 0.05) is 37.2 Å². The number of aliphatic imine (C=N–C) groups is 1. The second-order valence-electron chi connectivity index (χ2n) is 6.23. The monoisotopic (exact) mass is 447 g/mol. The number of halogens is 1. The van der Waals surface area contributed by atoms with Crippen molar-refractivity contribution in [3.05, 3.63) is 0 Å². The first kappa shape index (κ1) is 19.3. The molecular formula is C13H26IN3O2S2. The molecule has 2 saturated heterocycles. The smallest absolute Gasteiger partial charge is 0.193 e. The van der Waals surface area contributed by atoms with Gasteiger partial charge in [0.2, 0.25) is 0 Å². The summed E-state index contributed by atoms with van der Waals surface area (Å²) in [5, 5.41) is 3.36. The quantitative estimate of drug-likeness (QED) is 0.395. The molecule has 0 aromatic rings. The highest BCUT2D eigenvalue weighted by Crippen LogP contribution is 2.29. The van der Waals surface area contributed by atoms with E-state index in [4.69, 9.17) is 0 Å². The summed E-state index contributed by atoms with van der Waals surface area (Å²) in [4.78, 5) is 6.63. The predicted molar refractivity (Wildman–Crippen MR) is 102 cm³/mol. The van der Waals surface area contributed by atoms with Gasteiger partial charge in [0.05, 0.1) is 11.5 Å². The van der Waals surface area contributed by atoms with Crippen LogP contribution in [0.1, 0.15) is 20.3 Å². The Bertz CT molecular complexity index is 480. The average Bonchev–Trinajstić information content (AvgIpc) is 2.68. The zero-order valence-corrected chi connectivity index (χ0v) is 16.9. The third kappa shape index (κ3) is 5.78. The number of hydrogen-bond donors (Lipinski definition) is 1. The van der Waals surface area contributed by atoms with Crippen molar-refractivity contribution < 1.29 is 8.42 Å². The number of nitrogens with zero attached hydrogens (tertiary/aromatic N) is 2. The topological polar surface area (TPSA) is 61.8 Å². The van der Waals surface area contributed by atoms with Gasteiger partial charge in [-0.3, -0.25) is 4.99 Å². The Morgan fingerprint density at radius 2 is 2.19 bits per heavy atom. The van der Waals surface area contributed by atoms with E-state index in [0.717, 1.165) is 31.2 Å². The van der Waals surface area contributed by atoms with Crippen molar-refractivity contribution in [1.29, 1.82) is 0 Å². The molecule has 2 heterocycles. The van der Waals surface area contributed by atoms with Crippen molar-refractivity contribution >= 4 is 51.5 Å². The standard InChI is InChI=1S/C13H25N3O2S2.HI/c1-13(2)10-16(5-6-19-13)12(14-3)15-8-11-4-7-20(17,18)9-11;/h11H,4-10H2,1-3H3,(H,14,15);1H. The molecule has 0 radical (unpaired) electrons. The molecule has 2 aliphatic rings. The maximum atomic E-state index is 11.5. The minimum atomic E-state index is -2.79. The molecule has 0 aromatic carbocycles. The highest BCUT2D eigenvalue weighted by molar-refractivity contribution is 14.0. The van der Waals surface area contributed by atoms with Crippen molar-refractivity contribution in [2.45, 2.75) is 25.0 Å². The second-order valence-corrected chi connectivity index (χ2v) is 10.3. The van der Waals surface area contributed by atoms with Crippen LogP contribution in [0.25, 0.3) is 0 Å². The summed E-state index contributed by atoms with van der Waals surface area (Å²) in [7, 11) is -0.996. The van der Waals surface area contributed by atoms with Gasteiger partial charge < -0.3 is 10.2 Å². The minimum Gasteiger partial charge on any atom is -0.356 e. The Morgan fingerprint density at radius 1 is 1.48 bits per heavy atom. The van der Waals surface area contributed by atoms with Crippen LogP contribution in [0.3, 0.4) is 0 Å². The van der Waals surface area contributed by atoms with E-state index in [1.807, 2.05) is 11.8 Å². The van der Waals surface area contributed by atoms with Gasteiger partial charge in [0.1, 0.15) is 0 Å². The summed E-state index contributed by atoms with van der Waals surface area (Å²) in [6.45, 7) is 7.17. The van der Waals surface area contributed by atoms with Gasteiger partial charge in [0.25, 0.3) is 0 Å². The lowest BCUT2D eigenvalue weighted by atomic mass is 10.1. The van der Waals surface area contributed by atoms with Crippen LogP contribution in [0, 0.1) is 5.92 Å². The third-order valence-electron chi connectivity index (χ3n) is 3.81. The fraction of sp³-hybridized carbons (Fsp3) is 0.923. The fourth-order valence-electron chi connectivity index (χ4n) is 2.80. The molecule has 0 spiro atoms. The molecule has 0 aromatic heterocycles. The fourth-order valence-corrected chi connectivity index (χ4v) is 5.77. The molecular weight excluding hydrogens is 421 g/mol. The van der Waals surface area contributed by atoms with Gasteiger partial charge in [-0.25, -0.2) is 8.42 Å². The van der Waals surface area contributed by atoms with Crippen LogP contribution in [0.15, 0.2) is 4.99 Å². The lowest BCUT2D eigenvalue weighted by molar-refractivity contribution is 0.372. The molecule has 2 fully saturated rings. The first-order valence-corrected chi connectivity index (χ1v) is 9.92. The SMILES string of the molecule is CN=C(NCC1CCS(=O)(=O)C1)N1CCSC(C)(C)C1.I. The maximum Gasteiger partial charge on any atom is 0.193 e. The van der Waals surface area contributed by atoms with E-state index in [9.17, 15) is 8.42 Å². The Hall–Kier alpha value is 0.300. The number of rotatable bonds is 2. The van der Waals surface area contributed by atoms with Crippen LogP contribution < -0.4 is 5.32 Å². The van der Waals surface area contributed by atoms with Crippen LogP contribution in [0.2, 0.25) is 0 Å². The molecule has 1 atom stereocenters. The highest BCUT2D eigenvalue weighted by Gasteiger charge is 2.30. The van der Waals surface area contributed by atoms with Crippen LogP contribution in [-0.2, 0) is 9.84 Å². The van der Waals surface area contributed by atoms with Crippen LogP contribution in [-0.4, -0.2) is 68.0 Å². The molecule has 0 bridgehead atoms. The lowest BCUT2D eigenvalue weighted by Crippen LogP contribution is -2.51. The molecule has 8 heteroatoms. The van der Waals surface area contributed by atoms with E-state index < -0.39 is 9.84 Å². The predicted octanol–water partition coefficient (Wildman–Crippen LogP) is 1.44. The van der Waals surface area contributed by atoms with E-state index in [-0.39, 0.29) is 34.6 Å². The lowest BCUT2D eigenvalue weighted by Gasteiger charge is -2.39. The minimum absolute atomic E-state index is 0. The van der Waals surface area contributed by atoms with E-state index in [0.29, 0.717) is 18.1 Å². The van der Waals surface area contributed by atoms with Crippen molar-refractivity contribution in [1.82, 2.24) is 10.2 Å². The third-order valence-corrected chi connectivity index (χ3v) is 6.95. The highest BCUT2D eigenvalue weighted by atomic mass is 127. The molecule has 2 aliphatic heterocycles. The van der Waals surface area contributed by atoms with Gasteiger partial charge in [-0.2, -0.15) is 11.8 Å². The maximum absolute atomic E-state index is 11.5. The van der Waals surface area contributed by atoms with Gasteiger partial charge in [-0.1, -0.05) is 0 Å². The van der Waals surface area contributed by atoms with Crippen molar-refractivity contribution in [2.24, 2.45) is 10.9 Å². The summed E-state index contributed by atoms with van der Waals surface area (Å²) in [5.74, 6) is 2.89. The summed E-state index contributed by atoms with van der Waals surface area (Å²) >= 11 is 1.99. The van der Waals surface area contributed by atoms with E-state index in [2.05, 4.69) is 29.1 Å². The Labute approximate surface area is 149 Å². The summed E-state index contributed by atoms with van der Waals surface area (Å²) in [6.07, 6.45) is 0.772. The molecule has 21 heavy (non-hydrogen) atoms. The second kappa shape index (κ2) is 7.72. The Morgan fingerprint density at radius 3 is 2.71 bits per heavy atom. The zero-order chi connectivity index (χ0) is 14.8. The largest absolute Gasteiger partial charge is 0.356 e. The number of guanidine groups is 1. The number of sulfone groups is 1. The van der Waals surface area contributed by atoms with Gasteiger partial charge in [-0.05, 0) is 26.2 Å². The van der Waals surface area contributed by atoms with Crippen LogP contribution in [0.4, 0.5) is 0 Å². The molecule has 2 rings (SSSR count). The summed E-state index contributed by atoms with van der Waals surface area (Å²) in [6, 6.07) is 0. The molecule has 5 nitrogen and oxygen atoms in total.